The van der Waals surface area contributed by atoms with Crippen molar-refractivity contribution >= 4 is 11.9 Å². The number of urea groups is 1. The Morgan fingerprint density at radius 1 is 1.12 bits per heavy atom. The predicted octanol–water partition coefficient (Wildman–Crippen LogP) is 1.57. The van der Waals surface area contributed by atoms with E-state index in [2.05, 4.69) is 5.32 Å². The minimum absolute atomic E-state index is 0.0395. The highest BCUT2D eigenvalue weighted by Gasteiger charge is 2.39. The molecule has 0 spiro atoms. The predicted molar refractivity (Wildman–Crippen MR) is 52.9 cm³/mol. The largest absolute Gasteiger partial charge is 0.471 e. The molecule has 3 amide bonds. The highest BCUT2D eigenvalue weighted by atomic mass is 19.4. The van der Waals surface area contributed by atoms with Gasteiger partial charge in [-0.05, 0) is 5.56 Å². The van der Waals surface area contributed by atoms with Crippen molar-refractivity contribution in [3.05, 3.63) is 35.9 Å². The van der Waals surface area contributed by atoms with Crippen molar-refractivity contribution in [1.82, 2.24) is 10.6 Å². The molecule has 0 fully saturated rings. The molecule has 0 aliphatic heterocycles. The number of hydrogen-bond acceptors (Lipinski definition) is 2. The maximum atomic E-state index is 11.8. The Morgan fingerprint density at radius 3 is 2.24 bits per heavy atom. The molecule has 0 heterocycles. The Hall–Kier alpha value is -2.05. The van der Waals surface area contributed by atoms with Crippen molar-refractivity contribution in [1.29, 1.82) is 0 Å². The lowest BCUT2D eigenvalue weighted by Gasteiger charge is -2.08. The summed E-state index contributed by atoms with van der Waals surface area (Å²) in [5, 5.41) is 3.31. The average Bonchev–Trinajstić information content (AvgIpc) is 2.26. The van der Waals surface area contributed by atoms with Crippen LogP contribution in [0.15, 0.2) is 30.3 Å². The van der Waals surface area contributed by atoms with Crippen LogP contribution in [0.4, 0.5) is 18.0 Å². The number of nitrogens with one attached hydrogen (secondary N) is 2. The van der Waals surface area contributed by atoms with Gasteiger partial charge in [0.05, 0.1) is 0 Å². The van der Waals surface area contributed by atoms with E-state index in [1.807, 2.05) is 0 Å². The van der Waals surface area contributed by atoms with Gasteiger partial charge in [-0.3, -0.25) is 10.1 Å². The lowest BCUT2D eigenvalue weighted by atomic mass is 10.2. The molecule has 1 rings (SSSR count). The summed E-state index contributed by atoms with van der Waals surface area (Å²) < 4.78 is 35.3. The minimum atomic E-state index is -5.07. The van der Waals surface area contributed by atoms with Crippen molar-refractivity contribution in [3.8, 4) is 0 Å². The van der Waals surface area contributed by atoms with E-state index in [9.17, 15) is 22.8 Å². The van der Waals surface area contributed by atoms with Gasteiger partial charge < -0.3 is 5.32 Å². The maximum absolute atomic E-state index is 11.8. The summed E-state index contributed by atoms with van der Waals surface area (Å²) in [6.07, 6.45) is -5.07. The Kier molecular flexibility index (Phi) is 4.08. The molecule has 7 heteroatoms. The molecule has 2 N–H and O–H groups in total. The normalized spacial score (nSPS) is 10.8. The first-order valence-electron chi connectivity index (χ1n) is 4.59. The van der Waals surface area contributed by atoms with Crippen LogP contribution in [0.5, 0.6) is 0 Å². The third kappa shape index (κ3) is 4.54. The van der Waals surface area contributed by atoms with Crippen molar-refractivity contribution in [2.45, 2.75) is 12.7 Å². The summed E-state index contributed by atoms with van der Waals surface area (Å²) >= 11 is 0. The third-order valence-electron chi connectivity index (χ3n) is 1.78. The molecule has 0 atom stereocenters. The van der Waals surface area contributed by atoms with Gasteiger partial charge >= 0.3 is 18.1 Å². The number of carbonyl (C=O) groups excluding carboxylic acids is 2. The third-order valence-corrected chi connectivity index (χ3v) is 1.78. The molecule has 0 radical (unpaired) electrons. The Balaban J connectivity index is 2.39. The van der Waals surface area contributed by atoms with Gasteiger partial charge in [-0.2, -0.15) is 13.2 Å². The molecule has 0 unspecified atom stereocenters. The van der Waals surface area contributed by atoms with E-state index in [1.54, 1.807) is 30.3 Å². The van der Waals surface area contributed by atoms with Crippen LogP contribution in [-0.4, -0.2) is 18.1 Å². The van der Waals surface area contributed by atoms with Gasteiger partial charge in [0.15, 0.2) is 0 Å². The molecule has 4 nitrogen and oxygen atoms in total. The van der Waals surface area contributed by atoms with Crippen LogP contribution >= 0.6 is 0 Å². The van der Waals surface area contributed by atoms with E-state index < -0.39 is 18.1 Å². The molecular formula is C10H9F3N2O2. The fraction of sp³-hybridized carbons (Fsp3) is 0.200. The molecule has 0 saturated heterocycles. The quantitative estimate of drug-likeness (QED) is 0.832. The van der Waals surface area contributed by atoms with Gasteiger partial charge in [-0.1, -0.05) is 30.3 Å². The van der Waals surface area contributed by atoms with Gasteiger partial charge in [-0.25, -0.2) is 4.79 Å². The number of imide groups is 1. The lowest BCUT2D eigenvalue weighted by molar-refractivity contribution is -0.172. The molecule has 92 valence electrons. The van der Waals surface area contributed by atoms with E-state index in [0.29, 0.717) is 5.56 Å². The standard InChI is InChI=1S/C10H9F3N2O2/c11-10(12,13)8(16)15-9(17)14-6-7-4-2-1-3-5-7/h1-5H,6H2,(H2,14,15,16,17). The SMILES string of the molecule is O=C(NCc1ccccc1)NC(=O)C(F)(F)F. The minimum Gasteiger partial charge on any atom is -0.334 e. The summed E-state index contributed by atoms with van der Waals surface area (Å²) in [5.41, 5.74) is 0.710. The van der Waals surface area contributed by atoms with Crippen molar-refractivity contribution < 1.29 is 22.8 Å². The van der Waals surface area contributed by atoms with E-state index in [4.69, 9.17) is 0 Å². The number of carbonyl (C=O) groups is 2. The van der Waals surface area contributed by atoms with Gasteiger partial charge in [0.2, 0.25) is 0 Å². The van der Waals surface area contributed by atoms with Crippen LogP contribution < -0.4 is 10.6 Å². The summed E-state index contributed by atoms with van der Waals surface area (Å²) in [6.45, 7) is 0.0395. The molecule has 1 aromatic carbocycles. The van der Waals surface area contributed by atoms with Crippen LogP contribution in [0.1, 0.15) is 5.56 Å². The monoisotopic (exact) mass is 246 g/mol. The zero-order chi connectivity index (χ0) is 12.9. The number of halogens is 3. The van der Waals surface area contributed by atoms with Crippen LogP contribution in [0.3, 0.4) is 0 Å². The number of amides is 3. The zero-order valence-electron chi connectivity index (χ0n) is 8.54. The van der Waals surface area contributed by atoms with E-state index in [1.165, 1.54) is 5.32 Å². The highest BCUT2D eigenvalue weighted by molar-refractivity contribution is 5.96. The lowest BCUT2D eigenvalue weighted by Crippen LogP contribution is -2.45. The second kappa shape index (κ2) is 5.33. The van der Waals surface area contributed by atoms with E-state index in [0.717, 1.165) is 0 Å². The van der Waals surface area contributed by atoms with Crippen LogP contribution in [0.25, 0.3) is 0 Å². The van der Waals surface area contributed by atoms with Crippen molar-refractivity contribution in [2.75, 3.05) is 0 Å². The number of benzene rings is 1. The summed E-state index contributed by atoms with van der Waals surface area (Å²) in [6, 6.07) is 7.39. The van der Waals surface area contributed by atoms with Gasteiger partial charge in [0.25, 0.3) is 0 Å². The fourth-order valence-electron chi connectivity index (χ4n) is 0.996. The molecule has 1 aromatic rings. The smallest absolute Gasteiger partial charge is 0.334 e. The molecule has 0 aliphatic carbocycles. The number of hydrogen-bond donors (Lipinski definition) is 2. The summed E-state index contributed by atoms with van der Waals surface area (Å²) in [7, 11) is 0. The van der Waals surface area contributed by atoms with Gasteiger partial charge in [0, 0.05) is 6.54 Å². The van der Waals surface area contributed by atoms with Crippen LogP contribution in [0.2, 0.25) is 0 Å². The molecular weight excluding hydrogens is 237 g/mol. The second-order valence-corrected chi connectivity index (χ2v) is 3.12. The Bertz CT molecular complexity index is 404. The topological polar surface area (TPSA) is 58.2 Å². The first-order chi connectivity index (χ1) is 7.89. The number of rotatable bonds is 2. The van der Waals surface area contributed by atoms with Crippen LogP contribution in [-0.2, 0) is 11.3 Å². The zero-order valence-corrected chi connectivity index (χ0v) is 8.54. The van der Waals surface area contributed by atoms with Crippen molar-refractivity contribution in [3.63, 3.8) is 0 Å². The van der Waals surface area contributed by atoms with E-state index >= 15 is 0 Å². The summed E-state index contributed by atoms with van der Waals surface area (Å²) in [5.74, 6) is -2.29. The number of alkyl halides is 3. The van der Waals surface area contributed by atoms with Crippen molar-refractivity contribution in [2.24, 2.45) is 0 Å². The van der Waals surface area contributed by atoms with Gasteiger partial charge in [-0.15, -0.1) is 0 Å². The molecule has 0 bridgehead atoms. The fourth-order valence-corrected chi connectivity index (χ4v) is 0.996. The van der Waals surface area contributed by atoms with Crippen LogP contribution in [0, 0.1) is 0 Å². The molecule has 17 heavy (non-hydrogen) atoms. The Morgan fingerprint density at radius 2 is 1.71 bits per heavy atom. The Labute approximate surface area is 94.8 Å². The molecule has 0 aliphatic rings. The first-order valence-corrected chi connectivity index (χ1v) is 4.59. The first kappa shape index (κ1) is 13.0. The average molecular weight is 246 g/mol. The van der Waals surface area contributed by atoms with E-state index in [-0.39, 0.29) is 6.54 Å². The highest BCUT2D eigenvalue weighted by Crippen LogP contribution is 2.13. The maximum Gasteiger partial charge on any atom is 0.471 e. The summed E-state index contributed by atoms with van der Waals surface area (Å²) in [4.78, 5) is 21.3. The molecule has 0 saturated carbocycles. The second-order valence-electron chi connectivity index (χ2n) is 3.12. The molecule has 0 aromatic heterocycles. The van der Waals surface area contributed by atoms with Gasteiger partial charge in [0.1, 0.15) is 0 Å².